The summed E-state index contributed by atoms with van der Waals surface area (Å²) < 4.78 is 10.3. The first kappa shape index (κ1) is 17.4. The van der Waals surface area contributed by atoms with E-state index >= 15 is 0 Å². The zero-order chi connectivity index (χ0) is 14.8. The normalized spacial score (nSPS) is 23.8. The van der Waals surface area contributed by atoms with Gasteiger partial charge in [-0.05, 0) is 19.3 Å². The maximum absolute atomic E-state index is 11.5. The van der Waals surface area contributed by atoms with Gasteiger partial charge in [0.25, 0.3) is 0 Å². The second-order valence-corrected chi connectivity index (χ2v) is 5.53. The van der Waals surface area contributed by atoms with Gasteiger partial charge in [-0.3, -0.25) is 9.69 Å². The Bertz CT molecular complexity index is 273. The minimum absolute atomic E-state index is 0.141. The number of ether oxygens (including phenoxy) is 2. The molecule has 0 radical (unpaired) electrons. The summed E-state index contributed by atoms with van der Waals surface area (Å²) in [6.45, 7) is 3.05. The number of methoxy groups -OCH3 is 2. The van der Waals surface area contributed by atoms with Gasteiger partial charge in [-0.1, -0.05) is 19.3 Å². The van der Waals surface area contributed by atoms with E-state index in [1.54, 1.807) is 14.2 Å². The summed E-state index contributed by atoms with van der Waals surface area (Å²) >= 11 is 0. The lowest BCUT2D eigenvalue weighted by molar-refractivity contribution is -0.144. The minimum Gasteiger partial charge on any atom is -0.481 e. The van der Waals surface area contributed by atoms with E-state index in [1.807, 2.05) is 0 Å². The van der Waals surface area contributed by atoms with Gasteiger partial charge in [-0.15, -0.1) is 0 Å². The van der Waals surface area contributed by atoms with Crippen LogP contribution in [-0.2, 0) is 14.3 Å². The van der Waals surface area contributed by atoms with E-state index in [2.05, 4.69) is 4.90 Å². The first-order valence-electron chi connectivity index (χ1n) is 7.65. The van der Waals surface area contributed by atoms with Crippen LogP contribution in [0.25, 0.3) is 0 Å². The molecule has 1 aliphatic carbocycles. The molecule has 0 amide bonds. The van der Waals surface area contributed by atoms with Crippen molar-refractivity contribution in [2.75, 3.05) is 40.5 Å². The fraction of sp³-hybridized carbons (Fsp3) is 0.933. The second kappa shape index (κ2) is 10.1. The number of carboxylic acid groups (broad SMARTS) is 1. The van der Waals surface area contributed by atoms with Crippen molar-refractivity contribution < 1.29 is 19.4 Å². The van der Waals surface area contributed by atoms with Crippen molar-refractivity contribution in [3.8, 4) is 0 Å². The van der Waals surface area contributed by atoms with Crippen LogP contribution in [-0.4, -0.2) is 62.5 Å². The van der Waals surface area contributed by atoms with E-state index in [9.17, 15) is 9.90 Å². The van der Waals surface area contributed by atoms with Crippen LogP contribution in [0, 0.1) is 5.92 Å². The SMILES string of the molecule is COCCCN(CCOC)C1CCCCCC1C(=O)O. The van der Waals surface area contributed by atoms with E-state index in [4.69, 9.17) is 9.47 Å². The average Bonchev–Trinajstić information content (AvgIpc) is 2.68. The van der Waals surface area contributed by atoms with Crippen LogP contribution in [0.2, 0.25) is 0 Å². The number of carboxylic acids is 1. The van der Waals surface area contributed by atoms with Gasteiger partial charge < -0.3 is 14.6 Å². The highest BCUT2D eigenvalue weighted by molar-refractivity contribution is 5.70. The molecule has 1 aliphatic rings. The zero-order valence-corrected chi connectivity index (χ0v) is 12.8. The Kier molecular flexibility index (Phi) is 8.82. The monoisotopic (exact) mass is 287 g/mol. The Morgan fingerprint density at radius 1 is 1.10 bits per heavy atom. The molecular formula is C15H29NO4. The molecule has 20 heavy (non-hydrogen) atoms. The lowest BCUT2D eigenvalue weighted by atomic mass is 9.93. The summed E-state index contributed by atoms with van der Waals surface area (Å²) in [4.78, 5) is 13.8. The molecule has 0 aliphatic heterocycles. The van der Waals surface area contributed by atoms with Crippen molar-refractivity contribution in [3.05, 3.63) is 0 Å². The van der Waals surface area contributed by atoms with E-state index in [-0.39, 0.29) is 12.0 Å². The van der Waals surface area contributed by atoms with Crippen molar-refractivity contribution in [3.63, 3.8) is 0 Å². The third-order valence-electron chi connectivity index (χ3n) is 4.14. The number of hydrogen-bond donors (Lipinski definition) is 1. The van der Waals surface area contributed by atoms with Gasteiger partial charge >= 0.3 is 5.97 Å². The van der Waals surface area contributed by atoms with Gasteiger partial charge in [0.2, 0.25) is 0 Å². The largest absolute Gasteiger partial charge is 0.481 e. The Morgan fingerprint density at radius 3 is 2.45 bits per heavy atom. The number of hydrogen-bond acceptors (Lipinski definition) is 4. The molecule has 5 nitrogen and oxygen atoms in total. The Morgan fingerprint density at radius 2 is 1.80 bits per heavy atom. The summed E-state index contributed by atoms with van der Waals surface area (Å²) in [6, 6.07) is 0.141. The molecule has 0 spiro atoms. The maximum atomic E-state index is 11.5. The van der Waals surface area contributed by atoms with E-state index in [0.29, 0.717) is 13.2 Å². The van der Waals surface area contributed by atoms with Gasteiger partial charge in [0.1, 0.15) is 0 Å². The molecule has 1 fully saturated rings. The van der Waals surface area contributed by atoms with Crippen molar-refractivity contribution in [2.24, 2.45) is 5.92 Å². The lowest BCUT2D eigenvalue weighted by Gasteiger charge is -2.34. The van der Waals surface area contributed by atoms with Crippen LogP contribution in [0.4, 0.5) is 0 Å². The quantitative estimate of drug-likeness (QED) is 0.519. The smallest absolute Gasteiger partial charge is 0.308 e. The van der Waals surface area contributed by atoms with Gasteiger partial charge in [0.05, 0.1) is 12.5 Å². The van der Waals surface area contributed by atoms with Crippen molar-refractivity contribution in [2.45, 2.75) is 44.6 Å². The number of aliphatic carboxylic acids is 1. The zero-order valence-electron chi connectivity index (χ0n) is 12.8. The van der Waals surface area contributed by atoms with Crippen LogP contribution in [0.3, 0.4) is 0 Å². The third-order valence-corrected chi connectivity index (χ3v) is 4.14. The summed E-state index contributed by atoms with van der Waals surface area (Å²) in [5.41, 5.74) is 0. The third kappa shape index (κ3) is 5.77. The molecule has 0 aromatic heterocycles. The standard InChI is InChI=1S/C15H29NO4/c1-19-11-6-9-16(10-12-20-2)14-8-5-3-4-7-13(14)15(17)18/h13-14H,3-12H2,1-2H3,(H,17,18). The fourth-order valence-electron chi connectivity index (χ4n) is 3.08. The Labute approximate surface area is 122 Å². The maximum Gasteiger partial charge on any atom is 0.308 e. The number of carbonyl (C=O) groups is 1. The molecule has 118 valence electrons. The highest BCUT2D eigenvalue weighted by Crippen LogP contribution is 2.28. The van der Waals surface area contributed by atoms with Gasteiger partial charge in [0, 0.05) is 40.0 Å². The fourth-order valence-corrected chi connectivity index (χ4v) is 3.08. The van der Waals surface area contributed by atoms with E-state index in [0.717, 1.165) is 51.6 Å². The van der Waals surface area contributed by atoms with Crippen molar-refractivity contribution >= 4 is 5.97 Å². The molecule has 0 heterocycles. The van der Waals surface area contributed by atoms with Gasteiger partial charge in [-0.2, -0.15) is 0 Å². The molecule has 0 saturated heterocycles. The predicted octanol–water partition coefficient (Wildman–Crippen LogP) is 2.00. The highest BCUT2D eigenvalue weighted by atomic mass is 16.5. The molecule has 0 aromatic carbocycles. The van der Waals surface area contributed by atoms with Gasteiger partial charge in [-0.25, -0.2) is 0 Å². The summed E-state index contributed by atoms with van der Waals surface area (Å²) in [5, 5.41) is 9.50. The topological polar surface area (TPSA) is 59.0 Å². The summed E-state index contributed by atoms with van der Waals surface area (Å²) in [6.07, 6.45) is 6.02. The van der Waals surface area contributed by atoms with Crippen LogP contribution in [0.1, 0.15) is 38.5 Å². The van der Waals surface area contributed by atoms with Crippen LogP contribution < -0.4 is 0 Å². The summed E-state index contributed by atoms with van der Waals surface area (Å²) in [5.74, 6) is -0.886. The van der Waals surface area contributed by atoms with Crippen LogP contribution in [0.15, 0.2) is 0 Å². The van der Waals surface area contributed by atoms with Crippen molar-refractivity contribution in [1.29, 1.82) is 0 Å². The van der Waals surface area contributed by atoms with Crippen LogP contribution >= 0.6 is 0 Å². The predicted molar refractivity (Wildman–Crippen MR) is 77.9 cm³/mol. The Hall–Kier alpha value is -0.650. The number of rotatable bonds is 9. The molecule has 2 unspecified atom stereocenters. The number of nitrogens with zero attached hydrogens (tertiary/aromatic N) is 1. The molecule has 2 atom stereocenters. The molecule has 0 aromatic rings. The van der Waals surface area contributed by atoms with E-state index in [1.165, 1.54) is 0 Å². The van der Waals surface area contributed by atoms with Crippen molar-refractivity contribution in [1.82, 2.24) is 4.90 Å². The van der Waals surface area contributed by atoms with E-state index < -0.39 is 5.97 Å². The minimum atomic E-state index is -0.647. The van der Waals surface area contributed by atoms with Crippen LogP contribution in [0.5, 0.6) is 0 Å². The average molecular weight is 287 g/mol. The summed E-state index contributed by atoms with van der Waals surface area (Å²) in [7, 11) is 3.39. The first-order chi connectivity index (χ1) is 9.70. The van der Waals surface area contributed by atoms with Gasteiger partial charge in [0.15, 0.2) is 0 Å². The second-order valence-electron chi connectivity index (χ2n) is 5.53. The lowest BCUT2D eigenvalue weighted by Crippen LogP contribution is -2.45. The molecule has 5 heteroatoms. The molecule has 1 N–H and O–H groups in total. The molecule has 0 bridgehead atoms. The highest BCUT2D eigenvalue weighted by Gasteiger charge is 2.33. The first-order valence-corrected chi connectivity index (χ1v) is 7.65. The molecule has 1 saturated carbocycles. The molecular weight excluding hydrogens is 258 g/mol. The Balaban J connectivity index is 2.68. The molecule has 1 rings (SSSR count).